The van der Waals surface area contributed by atoms with Gasteiger partial charge in [0.1, 0.15) is 0 Å². The zero-order valence-electron chi connectivity index (χ0n) is 10.7. The van der Waals surface area contributed by atoms with E-state index in [9.17, 15) is 13.9 Å². The zero-order chi connectivity index (χ0) is 15.0. The predicted octanol–water partition coefficient (Wildman–Crippen LogP) is 4.61. The van der Waals surface area contributed by atoms with Crippen LogP contribution < -0.4 is 0 Å². The highest BCUT2D eigenvalue weighted by molar-refractivity contribution is 9.10. The molecule has 0 saturated carbocycles. The van der Waals surface area contributed by atoms with E-state index in [2.05, 4.69) is 20.9 Å². The highest BCUT2D eigenvalue weighted by Crippen LogP contribution is 2.31. The largest absolute Gasteiger partial charge is 0.388 e. The molecular formula is C15H10BrF2NOS. The van der Waals surface area contributed by atoms with E-state index in [4.69, 9.17) is 0 Å². The topological polar surface area (TPSA) is 33.1 Å². The Hall–Kier alpha value is -1.37. The fraction of sp³-hybridized carbons (Fsp3) is 0.133. The second-order valence-electron chi connectivity index (χ2n) is 4.56. The van der Waals surface area contributed by atoms with Crippen molar-refractivity contribution < 1.29 is 13.9 Å². The third-order valence-electron chi connectivity index (χ3n) is 3.13. The van der Waals surface area contributed by atoms with Crippen molar-refractivity contribution in [2.45, 2.75) is 12.5 Å². The summed E-state index contributed by atoms with van der Waals surface area (Å²) in [4.78, 5) is 4.42. The molecule has 3 rings (SSSR count). The summed E-state index contributed by atoms with van der Waals surface area (Å²) >= 11 is 4.47. The first kappa shape index (κ1) is 14.6. The third kappa shape index (κ3) is 2.84. The van der Waals surface area contributed by atoms with E-state index in [1.54, 1.807) is 0 Å². The number of thiazole rings is 1. The van der Waals surface area contributed by atoms with Crippen LogP contribution in [0.2, 0.25) is 0 Å². The minimum Gasteiger partial charge on any atom is -0.388 e. The van der Waals surface area contributed by atoms with Gasteiger partial charge in [0.2, 0.25) is 0 Å². The van der Waals surface area contributed by atoms with Crippen molar-refractivity contribution in [3.05, 3.63) is 63.1 Å². The molecule has 0 radical (unpaired) electrons. The molecule has 3 aromatic rings. The molecule has 1 unspecified atom stereocenters. The second kappa shape index (κ2) is 5.79. The lowest BCUT2D eigenvalue weighted by molar-refractivity contribution is 0.177. The molecular weight excluding hydrogens is 360 g/mol. The molecule has 2 nitrogen and oxygen atoms in total. The number of fused-ring (bicyclic) bond motifs is 1. The lowest BCUT2D eigenvalue weighted by Gasteiger charge is -2.12. The molecule has 0 saturated heterocycles. The van der Waals surface area contributed by atoms with E-state index in [0.717, 1.165) is 21.3 Å². The summed E-state index contributed by atoms with van der Waals surface area (Å²) in [6.07, 6.45) is -0.696. The van der Waals surface area contributed by atoms with E-state index in [1.165, 1.54) is 17.4 Å². The first-order valence-corrected chi connectivity index (χ1v) is 7.83. The van der Waals surface area contributed by atoms with E-state index < -0.39 is 17.7 Å². The molecule has 21 heavy (non-hydrogen) atoms. The van der Waals surface area contributed by atoms with Crippen LogP contribution in [0.3, 0.4) is 0 Å². The standard InChI is InChI=1S/C15H10BrF2NOS/c16-14-8(5-6-9(17)15(14)18)11(20)7-13-19-10-3-1-2-4-12(10)21-13/h1-6,11,20H,7H2. The second-order valence-corrected chi connectivity index (χ2v) is 6.47. The number of hydrogen-bond donors (Lipinski definition) is 1. The highest BCUT2D eigenvalue weighted by Gasteiger charge is 2.19. The number of hydrogen-bond acceptors (Lipinski definition) is 3. The van der Waals surface area contributed by atoms with Crippen LogP contribution in [0, 0.1) is 11.6 Å². The SMILES string of the molecule is OC(Cc1nc2ccccc2s1)c1ccc(F)c(F)c1Br. The molecule has 0 aliphatic heterocycles. The number of aliphatic hydroxyl groups excluding tert-OH is 1. The summed E-state index contributed by atoms with van der Waals surface area (Å²) in [6, 6.07) is 10.1. The van der Waals surface area contributed by atoms with Crippen molar-refractivity contribution in [2.75, 3.05) is 0 Å². The first-order chi connectivity index (χ1) is 10.1. The molecule has 0 fully saturated rings. The third-order valence-corrected chi connectivity index (χ3v) is 4.99. The lowest BCUT2D eigenvalue weighted by Crippen LogP contribution is -2.04. The van der Waals surface area contributed by atoms with Gasteiger partial charge < -0.3 is 5.11 Å². The van der Waals surface area contributed by atoms with Crippen LogP contribution in [-0.4, -0.2) is 10.1 Å². The normalized spacial score (nSPS) is 12.8. The maximum atomic E-state index is 13.5. The maximum absolute atomic E-state index is 13.5. The highest BCUT2D eigenvalue weighted by atomic mass is 79.9. The Morgan fingerprint density at radius 1 is 1.19 bits per heavy atom. The number of halogens is 3. The summed E-state index contributed by atoms with van der Waals surface area (Å²) in [6.45, 7) is 0. The van der Waals surface area contributed by atoms with Gasteiger partial charge in [-0.1, -0.05) is 18.2 Å². The molecule has 0 bridgehead atoms. The Morgan fingerprint density at radius 2 is 1.95 bits per heavy atom. The lowest BCUT2D eigenvalue weighted by atomic mass is 10.1. The average Bonchev–Trinajstić information content (AvgIpc) is 2.86. The molecule has 0 amide bonds. The smallest absolute Gasteiger partial charge is 0.173 e. The number of aliphatic hydroxyl groups is 1. The predicted molar refractivity (Wildman–Crippen MR) is 82.3 cm³/mol. The first-order valence-electron chi connectivity index (χ1n) is 6.22. The summed E-state index contributed by atoms with van der Waals surface area (Å²) < 4.78 is 27.6. The number of aromatic nitrogens is 1. The van der Waals surface area contributed by atoms with Gasteiger partial charge in [0.25, 0.3) is 0 Å². The van der Waals surface area contributed by atoms with Gasteiger partial charge in [0.05, 0.1) is 25.8 Å². The molecule has 0 aliphatic rings. The summed E-state index contributed by atoms with van der Waals surface area (Å²) in [7, 11) is 0. The number of para-hydroxylation sites is 1. The zero-order valence-corrected chi connectivity index (χ0v) is 13.1. The monoisotopic (exact) mass is 369 g/mol. The fourth-order valence-corrected chi connectivity index (χ4v) is 3.67. The Labute approximate surface area is 132 Å². The van der Waals surface area contributed by atoms with Crippen LogP contribution >= 0.6 is 27.3 Å². The van der Waals surface area contributed by atoms with Gasteiger partial charge in [-0.2, -0.15) is 0 Å². The van der Waals surface area contributed by atoms with Crippen molar-refractivity contribution in [3.8, 4) is 0 Å². The molecule has 1 atom stereocenters. The van der Waals surface area contributed by atoms with Gasteiger partial charge in [0.15, 0.2) is 11.6 Å². The van der Waals surface area contributed by atoms with E-state index >= 15 is 0 Å². The average molecular weight is 370 g/mol. The van der Waals surface area contributed by atoms with E-state index in [-0.39, 0.29) is 10.9 Å². The minimum atomic E-state index is -0.990. The van der Waals surface area contributed by atoms with Crippen molar-refractivity contribution in [1.82, 2.24) is 4.98 Å². The maximum Gasteiger partial charge on any atom is 0.173 e. The number of benzene rings is 2. The quantitative estimate of drug-likeness (QED) is 0.683. The Bertz CT molecular complexity index is 772. The molecule has 6 heteroatoms. The van der Waals surface area contributed by atoms with Crippen molar-refractivity contribution >= 4 is 37.5 Å². The minimum absolute atomic E-state index is 0.0453. The number of nitrogens with zero attached hydrogens (tertiary/aromatic N) is 1. The molecule has 108 valence electrons. The van der Waals surface area contributed by atoms with E-state index in [1.807, 2.05) is 24.3 Å². The van der Waals surface area contributed by atoms with Crippen LogP contribution in [0.1, 0.15) is 16.7 Å². The van der Waals surface area contributed by atoms with Gasteiger partial charge >= 0.3 is 0 Å². The molecule has 1 aromatic heterocycles. The summed E-state index contributed by atoms with van der Waals surface area (Å²) in [5, 5.41) is 11.0. The van der Waals surface area contributed by atoms with Crippen molar-refractivity contribution in [2.24, 2.45) is 0 Å². The molecule has 0 aliphatic carbocycles. The Kier molecular flexibility index (Phi) is 4.01. The number of rotatable bonds is 3. The molecule has 0 spiro atoms. The molecule has 1 N–H and O–H groups in total. The van der Waals surface area contributed by atoms with Gasteiger partial charge in [-0.25, -0.2) is 13.8 Å². The Balaban J connectivity index is 1.89. The molecule has 1 heterocycles. The summed E-state index contributed by atoms with van der Waals surface area (Å²) in [5.74, 6) is -1.94. The van der Waals surface area contributed by atoms with Crippen LogP contribution in [0.15, 0.2) is 40.9 Å². The van der Waals surface area contributed by atoms with E-state index in [0.29, 0.717) is 5.56 Å². The van der Waals surface area contributed by atoms with Gasteiger partial charge in [0, 0.05) is 6.42 Å². The fourth-order valence-electron chi connectivity index (χ4n) is 2.08. The van der Waals surface area contributed by atoms with Crippen LogP contribution in [0.25, 0.3) is 10.2 Å². The van der Waals surface area contributed by atoms with Gasteiger partial charge in [-0.3, -0.25) is 0 Å². The van der Waals surface area contributed by atoms with Crippen molar-refractivity contribution in [1.29, 1.82) is 0 Å². The van der Waals surface area contributed by atoms with Crippen molar-refractivity contribution in [3.63, 3.8) is 0 Å². The van der Waals surface area contributed by atoms with Crippen LogP contribution in [0.4, 0.5) is 8.78 Å². The van der Waals surface area contributed by atoms with Gasteiger partial charge in [-0.15, -0.1) is 11.3 Å². The van der Waals surface area contributed by atoms with Gasteiger partial charge in [-0.05, 0) is 39.7 Å². The summed E-state index contributed by atoms with van der Waals surface area (Å²) in [5.41, 5.74) is 1.18. The van der Waals surface area contributed by atoms with Crippen LogP contribution in [-0.2, 0) is 6.42 Å². The Morgan fingerprint density at radius 3 is 2.71 bits per heavy atom. The molecule has 2 aromatic carbocycles. The van der Waals surface area contributed by atoms with Crippen LogP contribution in [0.5, 0.6) is 0 Å².